The summed E-state index contributed by atoms with van der Waals surface area (Å²) in [5.74, 6) is 0.463. The molecule has 3 heterocycles. The molecule has 0 saturated heterocycles. The van der Waals surface area contributed by atoms with Crippen molar-refractivity contribution in [1.29, 1.82) is 0 Å². The zero-order chi connectivity index (χ0) is 19.9. The highest BCUT2D eigenvalue weighted by Crippen LogP contribution is 2.25. The average molecular weight is 398 g/mol. The molecule has 9 nitrogen and oxygen atoms in total. The Kier molecular flexibility index (Phi) is 4.36. The number of aromatic nitrogens is 5. The van der Waals surface area contributed by atoms with Crippen molar-refractivity contribution in [3.05, 3.63) is 60.2 Å². The summed E-state index contributed by atoms with van der Waals surface area (Å²) in [7, 11) is -2.08. The number of anilines is 1. The number of sulfonamides is 1. The molecule has 0 radical (unpaired) electrons. The van der Waals surface area contributed by atoms with Crippen LogP contribution in [0.5, 0.6) is 0 Å². The molecule has 0 atom stereocenters. The predicted molar refractivity (Wildman–Crippen MR) is 104 cm³/mol. The number of benzene rings is 1. The predicted octanol–water partition coefficient (Wildman–Crippen LogP) is 1.76. The molecular formula is C18H18N6O3S. The highest BCUT2D eigenvalue weighted by atomic mass is 32.2. The molecule has 4 aromatic rings. The Hall–Kier alpha value is -3.24. The van der Waals surface area contributed by atoms with Crippen molar-refractivity contribution in [1.82, 2.24) is 24.5 Å². The summed E-state index contributed by atoms with van der Waals surface area (Å²) < 4.78 is 31.4. The number of aliphatic hydroxyl groups excluding tert-OH is 1. The first-order valence-electron chi connectivity index (χ1n) is 8.45. The number of pyridine rings is 1. The fourth-order valence-corrected chi connectivity index (χ4v) is 4.02. The van der Waals surface area contributed by atoms with Crippen LogP contribution in [0, 0.1) is 6.92 Å². The second-order valence-corrected chi connectivity index (χ2v) is 7.98. The Morgan fingerprint density at radius 3 is 2.61 bits per heavy atom. The number of rotatable bonds is 5. The van der Waals surface area contributed by atoms with Gasteiger partial charge in [0.2, 0.25) is 0 Å². The fourth-order valence-electron chi connectivity index (χ4n) is 3.01. The van der Waals surface area contributed by atoms with E-state index in [0.717, 1.165) is 11.1 Å². The largest absolute Gasteiger partial charge is 0.392 e. The van der Waals surface area contributed by atoms with Crippen LogP contribution in [0.2, 0.25) is 0 Å². The minimum absolute atomic E-state index is 0.0302. The lowest BCUT2D eigenvalue weighted by molar-refractivity contribution is 0.281. The van der Waals surface area contributed by atoms with Crippen LogP contribution < -0.4 is 4.72 Å². The van der Waals surface area contributed by atoms with E-state index >= 15 is 0 Å². The van der Waals surface area contributed by atoms with Crippen LogP contribution in [0.4, 0.5) is 5.69 Å². The molecule has 28 heavy (non-hydrogen) atoms. The van der Waals surface area contributed by atoms with E-state index in [1.54, 1.807) is 53.9 Å². The molecule has 144 valence electrons. The standard InChI is InChI=1S/C18H18N6O3S/c1-12-14(11-25)9-21-24(12)17-7-6-15(10-19-17)28(26,27)22-16-5-3-4-13-8-20-23(2)18(13)16/h3-10,22,25H,11H2,1-2H3. The van der Waals surface area contributed by atoms with Gasteiger partial charge < -0.3 is 5.11 Å². The van der Waals surface area contributed by atoms with Gasteiger partial charge in [0.05, 0.1) is 30.2 Å². The van der Waals surface area contributed by atoms with Gasteiger partial charge >= 0.3 is 0 Å². The van der Waals surface area contributed by atoms with Gasteiger partial charge in [0, 0.05) is 29.9 Å². The molecule has 0 bridgehead atoms. The summed E-state index contributed by atoms with van der Waals surface area (Å²) in [6, 6.07) is 8.35. The Bertz CT molecular complexity index is 1260. The first-order valence-corrected chi connectivity index (χ1v) is 9.93. The number of nitrogens with zero attached hydrogens (tertiary/aromatic N) is 5. The zero-order valence-corrected chi connectivity index (χ0v) is 16.1. The maximum Gasteiger partial charge on any atom is 0.263 e. The molecule has 0 aliphatic rings. The van der Waals surface area contributed by atoms with Crippen LogP contribution in [0.25, 0.3) is 16.7 Å². The van der Waals surface area contributed by atoms with E-state index in [2.05, 4.69) is 19.9 Å². The molecule has 0 spiro atoms. The average Bonchev–Trinajstić information content (AvgIpc) is 3.25. The van der Waals surface area contributed by atoms with E-state index in [4.69, 9.17) is 0 Å². The first-order chi connectivity index (χ1) is 13.4. The van der Waals surface area contributed by atoms with Gasteiger partial charge in [-0.15, -0.1) is 0 Å². The van der Waals surface area contributed by atoms with Gasteiger partial charge in [0.25, 0.3) is 10.0 Å². The molecule has 0 amide bonds. The molecule has 3 aromatic heterocycles. The molecule has 2 N–H and O–H groups in total. The fraction of sp³-hybridized carbons (Fsp3) is 0.167. The summed E-state index contributed by atoms with van der Waals surface area (Å²) in [5, 5.41) is 18.5. The van der Waals surface area contributed by atoms with Gasteiger partial charge in [-0.05, 0) is 25.1 Å². The third kappa shape index (κ3) is 3.02. The third-order valence-corrected chi connectivity index (χ3v) is 5.89. The lowest BCUT2D eigenvalue weighted by Gasteiger charge is -2.10. The van der Waals surface area contributed by atoms with Gasteiger partial charge in [-0.25, -0.2) is 18.1 Å². The second kappa shape index (κ2) is 6.73. The van der Waals surface area contributed by atoms with Crippen LogP contribution in [-0.2, 0) is 23.7 Å². The van der Waals surface area contributed by atoms with Gasteiger partial charge in [-0.1, -0.05) is 12.1 Å². The number of hydrogen-bond acceptors (Lipinski definition) is 6. The summed E-state index contributed by atoms with van der Waals surface area (Å²) >= 11 is 0. The van der Waals surface area contributed by atoms with E-state index in [9.17, 15) is 13.5 Å². The van der Waals surface area contributed by atoms with Crippen molar-refractivity contribution in [2.24, 2.45) is 7.05 Å². The van der Waals surface area contributed by atoms with Crippen molar-refractivity contribution < 1.29 is 13.5 Å². The van der Waals surface area contributed by atoms with Crippen LogP contribution in [0.15, 0.2) is 53.8 Å². The van der Waals surface area contributed by atoms with Crippen LogP contribution in [-0.4, -0.2) is 38.1 Å². The number of para-hydroxylation sites is 1. The van der Waals surface area contributed by atoms with Crippen LogP contribution in [0.1, 0.15) is 11.3 Å². The van der Waals surface area contributed by atoms with E-state index in [0.29, 0.717) is 22.6 Å². The Labute approximate surface area is 161 Å². The zero-order valence-electron chi connectivity index (χ0n) is 15.2. The molecule has 10 heteroatoms. The third-order valence-electron chi connectivity index (χ3n) is 4.54. The quantitative estimate of drug-likeness (QED) is 0.529. The van der Waals surface area contributed by atoms with Crippen LogP contribution in [0.3, 0.4) is 0 Å². The van der Waals surface area contributed by atoms with Gasteiger partial charge in [0.15, 0.2) is 5.82 Å². The van der Waals surface area contributed by atoms with E-state index in [-0.39, 0.29) is 11.5 Å². The lowest BCUT2D eigenvalue weighted by Crippen LogP contribution is -2.14. The molecule has 4 rings (SSSR count). The SMILES string of the molecule is Cc1c(CO)cnn1-c1ccc(S(=O)(=O)Nc2cccc3cnn(C)c23)cn1. The van der Waals surface area contributed by atoms with E-state index < -0.39 is 10.0 Å². The summed E-state index contributed by atoms with van der Waals surface area (Å²) in [6.45, 7) is 1.68. The molecule has 0 aliphatic heterocycles. The highest BCUT2D eigenvalue weighted by Gasteiger charge is 2.18. The van der Waals surface area contributed by atoms with Crippen molar-refractivity contribution in [2.45, 2.75) is 18.4 Å². The molecular weight excluding hydrogens is 380 g/mol. The molecule has 0 unspecified atom stereocenters. The van der Waals surface area contributed by atoms with Crippen molar-refractivity contribution in [2.75, 3.05) is 4.72 Å². The van der Waals surface area contributed by atoms with Crippen molar-refractivity contribution in [3.63, 3.8) is 0 Å². The molecule has 0 saturated carbocycles. The van der Waals surface area contributed by atoms with Crippen molar-refractivity contribution in [3.8, 4) is 5.82 Å². The van der Waals surface area contributed by atoms with Gasteiger partial charge in [-0.2, -0.15) is 10.2 Å². The van der Waals surface area contributed by atoms with E-state index in [1.807, 2.05) is 6.07 Å². The van der Waals surface area contributed by atoms with E-state index in [1.165, 1.54) is 12.3 Å². The first kappa shape index (κ1) is 18.1. The van der Waals surface area contributed by atoms with Gasteiger partial charge in [-0.3, -0.25) is 9.40 Å². The molecule has 1 aromatic carbocycles. The summed E-state index contributed by atoms with van der Waals surface area (Å²) in [6.07, 6.45) is 4.51. The lowest BCUT2D eigenvalue weighted by atomic mass is 10.2. The Morgan fingerprint density at radius 2 is 1.93 bits per heavy atom. The number of aliphatic hydroxyl groups is 1. The smallest absolute Gasteiger partial charge is 0.263 e. The number of nitrogens with one attached hydrogen (secondary N) is 1. The number of fused-ring (bicyclic) bond motifs is 1. The second-order valence-electron chi connectivity index (χ2n) is 6.29. The highest BCUT2D eigenvalue weighted by molar-refractivity contribution is 7.92. The molecule has 0 aliphatic carbocycles. The van der Waals surface area contributed by atoms with Crippen LogP contribution >= 0.6 is 0 Å². The topological polar surface area (TPSA) is 115 Å². The summed E-state index contributed by atoms with van der Waals surface area (Å²) in [4.78, 5) is 4.25. The van der Waals surface area contributed by atoms with Crippen molar-refractivity contribution >= 4 is 26.6 Å². The minimum atomic E-state index is -3.83. The Morgan fingerprint density at radius 1 is 1.11 bits per heavy atom. The number of aryl methyl sites for hydroxylation is 1. The maximum absolute atomic E-state index is 12.8. The summed E-state index contributed by atoms with van der Waals surface area (Å²) in [5.41, 5.74) is 2.56. The maximum atomic E-state index is 12.8. The molecule has 0 fully saturated rings. The van der Waals surface area contributed by atoms with Gasteiger partial charge in [0.1, 0.15) is 4.90 Å². The normalized spacial score (nSPS) is 11.8. The minimum Gasteiger partial charge on any atom is -0.392 e. The Balaban J connectivity index is 1.66. The number of hydrogen-bond donors (Lipinski definition) is 2. The monoisotopic (exact) mass is 398 g/mol.